The zero-order valence-corrected chi connectivity index (χ0v) is 15.3. The Labute approximate surface area is 156 Å². The van der Waals surface area contributed by atoms with E-state index in [2.05, 4.69) is 79.4 Å². The first-order chi connectivity index (χ1) is 12.7. The summed E-state index contributed by atoms with van der Waals surface area (Å²) in [4.78, 5) is 2.40. The van der Waals surface area contributed by atoms with Crippen LogP contribution in [0.15, 0.2) is 84.9 Å². The van der Waals surface area contributed by atoms with Gasteiger partial charge in [-0.25, -0.2) is 0 Å². The first kappa shape index (κ1) is 17.8. The summed E-state index contributed by atoms with van der Waals surface area (Å²) in [6.07, 6.45) is 0.966. The van der Waals surface area contributed by atoms with E-state index >= 15 is 0 Å². The van der Waals surface area contributed by atoms with Crippen molar-refractivity contribution in [1.29, 1.82) is 5.26 Å². The van der Waals surface area contributed by atoms with E-state index in [0.29, 0.717) is 17.5 Å². The van der Waals surface area contributed by atoms with E-state index in [1.807, 2.05) is 30.3 Å². The van der Waals surface area contributed by atoms with Gasteiger partial charge in [0.05, 0.1) is 11.6 Å². The van der Waals surface area contributed by atoms with Crippen LogP contribution >= 0.6 is 0 Å². The summed E-state index contributed by atoms with van der Waals surface area (Å²) in [5.41, 5.74) is 4.31. The summed E-state index contributed by atoms with van der Waals surface area (Å²) in [5, 5.41) is 9.11. The van der Waals surface area contributed by atoms with Crippen LogP contribution in [0.5, 0.6) is 0 Å². The first-order valence-electron chi connectivity index (χ1n) is 9.07. The van der Waals surface area contributed by atoms with Gasteiger partial charge in [0.1, 0.15) is 0 Å². The Morgan fingerprint density at radius 1 is 0.769 bits per heavy atom. The maximum Gasteiger partial charge on any atom is 0.0991 e. The Bertz CT molecular complexity index is 846. The quantitative estimate of drug-likeness (QED) is 0.553. The van der Waals surface area contributed by atoms with E-state index in [4.69, 9.17) is 5.26 Å². The summed E-state index contributed by atoms with van der Waals surface area (Å²) >= 11 is 0. The number of rotatable bonds is 6. The number of benzene rings is 3. The van der Waals surface area contributed by atoms with Gasteiger partial charge in [0.15, 0.2) is 0 Å². The second-order valence-corrected chi connectivity index (χ2v) is 6.87. The molecule has 3 aromatic carbocycles. The van der Waals surface area contributed by atoms with Crippen LogP contribution in [0.1, 0.15) is 25.0 Å². The van der Waals surface area contributed by atoms with Crippen LogP contribution in [0.3, 0.4) is 0 Å². The summed E-state index contributed by atoms with van der Waals surface area (Å²) < 4.78 is 0. The van der Waals surface area contributed by atoms with Gasteiger partial charge in [-0.15, -0.1) is 0 Å². The van der Waals surface area contributed by atoms with Crippen molar-refractivity contribution in [2.24, 2.45) is 5.92 Å². The molecule has 1 unspecified atom stereocenters. The Kier molecular flexibility index (Phi) is 5.71. The Morgan fingerprint density at radius 2 is 1.31 bits per heavy atom. The molecule has 26 heavy (non-hydrogen) atoms. The Hall–Kier alpha value is -3.05. The van der Waals surface area contributed by atoms with Gasteiger partial charge >= 0.3 is 0 Å². The molecule has 0 radical (unpaired) electrons. The minimum Gasteiger partial charge on any atom is -0.338 e. The molecule has 0 N–H and O–H groups in total. The van der Waals surface area contributed by atoms with Crippen molar-refractivity contribution in [2.45, 2.75) is 26.3 Å². The highest BCUT2D eigenvalue weighted by molar-refractivity contribution is 5.65. The summed E-state index contributed by atoms with van der Waals surface area (Å²) in [7, 11) is 0. The average molecular weight is 340 g/mol. The standard InChI is InChI=1S/C24H24N2/c1-19(2)24(17-20-9-5-3-6-10-20)26(22-11-7-4-8-12-22)23-15-13-21(18-25)14-16-23/h3-16,19,24H,17H2,1-2H3. The molecule has 0 amide bonds. The smallest absolute Gasteiger partial charge is 0.0991 e. The van der Waals surface area contributed by atoms with Gasteiger partial charge in [-0.05, 0) is 54.3 Å². The first-order valence-corrected chi connectivity index (χ1v) is 9.07. The number of nitriles is 1. The molecular formula is C24H24N2. The minimum atomic E-state index is 0.313. The van der Waals surface area contributed by atoms with Crippen molar-refractivity contribution in [3.8, 4) is 6.07 Å². The average Bonchev–Trinajstić information content (AvgIpc) is 2.69. The summed E-state index contributed by atoms with van der Waals surface area (Å²) in [6, 6.07) is 31.5. The fraction of sp³-hybridized carbons (Fsp3) is 0.208. The van der Waals surface area contributed by atoms with E-state index in [9.17, 15) is 0 Å². The molecule has 0 saturated heterocycles. The van der Waals surface area contributed by atoms with E-state index in [1.54, 1.807) is 0 Å². The topological polar surface area (TPSA) is 27.0 Å². The minimum absolute atomic E-state index is 0.313. The number of anilines is 2. The van der Waals surface area contributed by atoms with Crippen molar-refractivity contribution in [2.75, 3.05) is 4.90 Å². The van der Waals surface area contributed by atoms with Gasteiger partial charge in [0, 0.05) is 17.4 Å². The molecule has 1 atom stereocenters. The largest absolute Gasteiger partial charge is 0.338 e. The lowest BCUT2D eigenvalue weighted by Crippen LogP contribution is -2.37. The molecule has 2 heteroatoms. The number of para-hydroxylation sites is 1. The fourth-order valence-corrected chi connectivity index (χ4v) is 3.30. The van der Waals surface area contributed by atoms with Gasteiger partial charge < -0.3 is 4.90 Å². The fourth-order valence-electron chi connectivity index (χ4n) is 3.30. The van der Waals surface area contributed by atoms with Crippen molar-refractivity contribution >= 4 is 11.4 Å². The molecule has 130 valence electrons. The van der Waals surface area contributed by atoms with Crippen LogP contribution in [0.25, 0.3) is 0 Å². The molecule has 3 rings (SSSR count). The van der Waals surface area contributed by atoms with E-state index in [1.165, 1.54) is 11.3 Å². The molecule has 0 aromatic heterocycles. The normalized spacial score (nSPS) is 11.8. The molecule has 3 aromatic rings. The van der Waals surface area contributed by atoms with Crippen LogP contribution in [0.4, 0.5) is 11.4 Å². The third-order valence-electron chi connectivity index (χ3n) is 4.70. The molecule has 0 fully saturated rings. The van der Waals surface area contributed by atoms with E-state index in [0.717, 1.165) is 12.1 Å². The van der Waals surface area contributed by atoms with Crippen molar-refractivity contribution in [3.63, 3.8) is 0 Å². The monoisotopic (exact) mass is 340 g/mol. The lowest BCUT2D eigenvalue weighted by molar-refractivity contribution is 0.481. The van der Waals surface area contributed by atoms with Gasteiger partial charge in [-0.3, -0.25) is 0 Å². The molecule has 0 spiro atoms. The van der Waals surface area contributed by atoms with E-state index in [-0.39, 0.29) is 0 Å². The third-order valence-corrected chi connectivity index (χ3v) is 4.70. The number of hydrogen-bond donors (Lipinski definition) is 0. The van der Waals surface area contributed by atoms with Gasteiger partial charge in [0.2, 0.25) is 0 Å². The lowest BCUT2D eigenvalue weighted by atomic mass is 9.93. The Balaban J connectivity index is 2.03. The van der Waals surface area contributed by atoms with Gasteiger partial charge in [-0.2, -0.15) is 5.26 Å². The molecule has 0 aliphatic rings. The molecule has 0 saturated carbocycles. The SMILES string of the molecule is CC(C)C(Cc1ccccc1)N(c1ccccc1)c1ccc(C#N)cc1. The lowest BCUT2D eigenvalue weighted by Gasteiger charge is -2.37. The molecule has 0 aliphatic heterocycles. The zero-order chi connectivity index (χ0) is 18.4. The van der Waals surface area contributed by atoms with Crippen LogP contribution in [0, 0.1) is 17.2 Å². The number of hydrogen-bond acceptors (Lipinski definition) is 2. The third kappa shape index (κ3) is 4.13. The predicted octanol–water partition coefficient (Wildman–Crippen LogP) is 5.96. The molecule has 2 nitrogen and oxygen atoms in total. The highest BCUT2D eigenvalue weighted by atomic mass is 15.2. The highest BCUT2D eigenvalue weighted by Gasteiger charge is 2.24. The number of nitrogens with zero attached hydrogens (tertiary/aromatic N) is 2. The van der Waals surface area contributed by atoms with Crippen molar-refractivity contribution < 1.29 is 0 Å². The van der Waals surface area contributed by atoms with Crippen LogP contribution in [-0.4, -0.2) is 6.04 Å². The Morgan fingerprint density at radius 3 is 1.85 bits per heavy atom. The molecule has 0 heterocycles. The second-order valence-electron chi connectivity index (χ2n) is 6.87. The summed E-state index contributed by atoms with van der Waals surface area (Å²) in [6.45, 7) is 4.54. The van der Waals surface area contributed by atoms with Crippen LogP contribution in [0.2, 0.25) is 0 Å². The summed E-state index contributed by atoms with van der Waals surface area (Å²) in [5.74, 6) is 0.464. The van der Waals surface area contributed by atoms with Crippen LogP contribution < -0.4 is 4.90 Å². The van der Waals surface area contributed by atoms with Crippen LogP contribution in [-0.2, 0) is 6.42 Å². The molecule has 0 aliphatic carbocycles. The second kappa shape index (κ2) is 8.36. The van der Waals surface area contributed by atoms with Crippen molar-refractivity contribution in [3.05, 3.63) is 96.1 Å². The highest BCUT2D eigenvalue weighted by Crippen LogP contribution is 2.32. The zero-order valence-electron chi connectivity index (χ0n) is 15.3. The predicted molar refractivity (Wildman–Crippen MR) is 109 cm³/mol. The molecular weight excluding hydrogens is 316 g/mol. The van der Waals surface area contributed by atoms with E-state index < -0.39 is 0 Å². The van der Waals surface area contributed by atoms with Gasteiger partial charge in [-0.1, -0.05) is 62.4 Å². The van der Waals surface area contributed by atoms with Crippen molar-refractivity contribution in [1.82, 2.24) is 0 Å². The maximum absolute atomic E-state index is 9.11. The maximum atomic E-state index is 9.11. The van der Waals surface area contributed by atoms with Gasteiger partial charge in [0.25, 0.3) is 0 Å². The molecule has 0 bridgehead atoms.